The van der Waals surface area contributed by atoms with Crippen LogP contribution in [0, 0.1) is 18.7 Å². The van der Waals surface area contributed by atoms with E-state index in [1.165, 1.54) is 18.3 Å². The van der Waals surface area contributed by atoms with E-state index < -0.39 is 0 Å². The SMILES string of the molecule is Cc1c(CN2CCN(C(=O)C3CCCC3)C(C)C2)cc(F)cc1NC(=O)c1cnn(C)c1. The minimum Gasteiger partial charge on any atom is -0.337 e. The zero-order valence-electron chi connectivity index (χ0n) is 19.1. The van der Waals surface area contributed by atoms with Crippen LogP contribution in [0.25, 0.3) is 0 Å². The van der Waals surface area contributed by atoms with Gasteiger partial charge in [0.1, 0.15) is 5.82 Å². The number of benzene rings is 1. The molecule has 0 bridgehead atoms. The summed E-state index contributed by atoms with van der Waals surface area (Å²) >= 11 is 0. The number of aromatic nitrogens is 2. The van der Waals surface area contributed by atoms with E-state index in [-0.39, 0.29) is 23.7 Å². The van der Waals surface area contributed by atoms with Crippen molar-refractivity contribution in [1.29, 1.82) is 0 Å². The number of aryl methyl sites for hydroxylation is 1. The van der Waals surface area contributed by atoms with Gasteiger partial charge in [-0.1, -0.05) is 12.8 Å². The Bertz CT molecular complexity index is 998. The van der Waals surface area contributed by atoms with Crippen molar-refractivity contribution < 1.29 is 14.0 Å². The second kappa shape index (κ2) is 9.40. The molecule has 1 aliphatic carbocycles. The molecule has 2 aromatic rings. The number of nitrogens with zero attached hydrogens (tertiary/aromatic N) is 4. The summed E-state index contributed by atoms with van der Waals surface area (Å²) in [5, 5.41) is 6.83. The van der Waals surface area contributed by atoms with Crippen LogP contribution in [0.2, 0.25) is 0 Å². The number of amides is 2. The van der Waals surface area contributed by atoms with Crippen molar-refractivity contribution >= 4 is 17.5 Å². The summed E-state index contributed by atoms with van der Waals surface area (Å²) in [4.78, 5) is 29.7. The summed E-state index contributed by atoms with van der Waals surface area (Å²) < 4.78 is 15.9. The summed E-state index contributed by atoms with van der Waals surface area (Å²) in [6.07, 6.45) is 7.45. The largest absolute Gasteiger partial charge is 0.337 e. The number of carbonyl (C=O) groups excluding carboxylic acids is 2. The number of hydrogen-bond acceptors (Lipinski definition) is 4. The standard InChI is InChI=1S/C24H32FN5O2/c1-16-13-29(8-9-30(16)24(32)18-6-4-5-7-18)15-19-10-21(25)11-22(17(19)2)27-23(31)20-12-26-28(3)14-20/h10-12,14,16,18H,4-9,13,15H2,1-3H3,(H,27,31). The molecule has 1 aliphatic heterocycles. The lowest BCUT2D eigenvalue weighted by Crippen LogP contribution is -2.54. The van der Waals surface area contributed by atoms with Gasteiger partial charge in [-0.25, -0.2) is 4.39 Å². The predicted octanol–water partition coefficient (Wildman–Crippen LogP) is 3.34. The average Bonchev–Trinajstić information content (AvgIpc) is 3.43. The number of anilines is 1. The molecule has 1 saturated heterocycles. The fraction of sp³-hybridized carbons (Fsp3) is 0.542. The minimum absolute atomic E-state index is 0.135. The van der Waals surface area contributed by atoms with Gasteiger partial charge in [-0.15, -0.1) is 0 Å². The molecule has 2 amide bonds. The number of nitrogens with one attached hydrogen (secondary N) is 1. The van der Waals surface area contributed by atoms with Gasteiger partial charge in [0.05, 0.1) is 11.8 Å². The van der Waals surface area contributed by atoms with Crippen LogP contribution in [0.5, 0.6) is 0 Å². The van der Waals surface area contributed by atoms with Gasteiger partial charge in [-0.2, -0.15) is 5.10 Å². The van der Waals surface area contributed by atoms with Gasteiger partial charge >= 0.3 is 0 Å². The Morgan fingerprint density at radius 2 is 1.97 bits per heavy atom. The van der Waals surface area contributed by atoms with Gasteiger partial charge in [-0.05, 0) is 49.9 Å². The number of halogens is 1. The first kappa shape index (κ1) is 22.5. The van der Waals surface area contributed by atoms with Crippen LogP contribution in [0.4, 0.5) is 10.1 Å². The normalized spacial score (nSPS) is 20.0. The fourth-order valence-corrected chi connectivity index (χ4v) is 4.91. The Labute approximate surface area is 188 Å². The average molecular weight is 442 g/mol. The Morgan fingerprint density at radius 1 is 1.22 bits per heavy atom. The van der Waals surface area contributed by atoms with Crippen molar-refractivity contribution in [3.05, 3.63) is 47.0 Å². The van der Waals surface area contributed by atoms with Crippen LogP contribution >= 0.6 is 0 Å². The first-order valence-electron chi connectivity index (χ1n) is 11.4. The second-order valence-corrected chi connectivity index (χ2v) is 9.19. The van der Waals surface area contributed by atoms with Gasteiger partial charge in [0.2, 0.25) is 5.91 Å². The molecular formula is C24H32FN5O2. The van der Waals surface area contributed by atoms with Crippen molar-refractivity contribution in [1.82, 2.24) is 19.6 Å². The van der Waals surface area contributed by atoms with Gasteiger partial charge in [0.25, 0.3) is 5.91 Å². The monoisotopic (exact) mass is 441 g/mol. The van der Waals surface area contributed by atoms with Crippen LogP contribution in [-0.2, 0) is 18.4 Å². The van der Waals surface area contributed by atoms with Crippen LogP contribution in [0.15, 0.2) is 24.5 Å². The van der Waals surface area contributed by atoms with E-state index in [9.17, 15) is 14.0 Å². The highest BCUT2D eigenvalue weighted by molar-refractivity contribution is 6.04. The molecule has 1 saturated carbocycles. The lowest BCUT2D eigenvalue weighted by molar-refractivity contribution is -0.140. The van der Waals surface area contributed by atoms with Crippen LogP contribution in [0.3, 0.4) is 0 Å². The Kier molecular flexibility index (Phi) is 6.60. The van der Waals surface area contributed by atoms with Crippen molar-refractivity contribution in [2.45, 2.75) is 52.1 Å². The van der Waals surface area contributed by atoms with E-state index in [2.05, 4.69) is 22.2 Å². The van der Waals surface area contributed by atoms with E-state index in [1.54, 1.807) is 17.9 Å². The van der Waals surface area contributed by atoms with E-state index in [0.717, 1.165) is 49.9 Å². The molecule has 2 aliphatic rings. The lowest BCUT2D eigenvalue weighted by Gasteiger charge is -2.41. The van der Waals surface area contributed by atoms with E-state index >= 15 is 0 Å². The topological polar surface area (TPSA) is 70.5 Å². The molecule has 1 atom stereocenters. The zero-order chi connectivity index (χ0) is 22.8. The van der Waals surface area contributed by atoms with Gasteiger partial charge in [-0.3, -0.25) is 19.2 Å². The summed E-state index contributed by atoms with van der Waals surface area (Å²) in [6, 6.07) is 3.03. The summed E-state index contributed by atoms with van der Waals surface area (Å²) in [6.45, 7) is 6.79. The minimum atomic E-state index is -0.379. The quantitative estimate of drug-likeness (QED) is 0.773. The molecular weight excluding hydrogens is 409 g/mol. The van der Waals surface area contributed by atoms with Gasteiger partial charge in [0, 0.05) is 57.1 Å². The Hall–Kier alpha value is -2.74. The summed E-state index contributed by atoms with van der Waals surface area (Å²) in [7, 11) is 1.74. The Balaban J connectivity index is 1.42. The van der Waals surface area contributed by atoms with Crippen molar-refractivity contribution in [2.24, 2.45) is 13.0 Å². The maximum atomic E-state index is 14.4. The molecule has 1 unspecified atom stereocenters. The number of piperazine rings is 1. The van der Waals surface area contributed by atoms with Gasteiger partial charge in [0.15, 0.2) is 0 Å². The molecule has 8 heteroatoms. The molecule has 0 spiro atoms. The van der Waals surface area contributed by atoms with E-state index in [1.807, 2.05) is 11.8 Å². The third-order valence-corrected chi connectivity index (χ3v) is 6.79. The van der Waals surface area contributed by atoms with E-state index in [4.69, 9.17) is 0 Å². The number of carbonyl (C=O) groups is 2. The van der Waals surface area contributed by atoms with Crippen LogP contribution < -0.4 is 5.32 Å². The molecule has 1 N–H and O–H groups in total. The second-order valence-electron chi connectivity index (χ2n) is 9.19. The van der Waals surface area contributed by atoms with Crippen molar-refractivity contribution in [3.63, 3.8) is 0 Å². The first-order chi connectivity index (χ1) is 15.3. The molecule has 2 heterocycles. The molecule has 4 rings (SSSR count). The van der Waals surface area contributed by atoms with Gasteiger partial charge < -0.3 is 10.2 Å². The molecule has 32 heavy (non-hydrogen) atoms. The highest BCUT2D eigenvalue weighted by Crippen LogP contribution is 2.29. The van der Waals surface area contributed by atoms with Crippen molar-refractivity contribution in [3.8, 4) is 0 Å². The first-order valence-corrected chi connectivity index (χ1v) is 11.4. The maximum Gasteiger partial charge on any atom is 0.258 e. The molecule has 7 nitrogen and oxygen atoms in total. The Morgan fingerprint density at radius 3 is 2.62 bits per heavy atom. The van der Waals surface area contributed by atoms with Crippen LogP contribution in [0.1, 0.15) is 54.1 Å². The van der Waals surface area contributed by atoms with Crippen molar-refractivity contribution in [2.75, 3.05) is 25.0 Å². The molecule has 172 valence electrons. The number of rotatable bonds is 5. The lowest BCUT2D eigenvalue weighted by atomic mass is 10.0. The fourth-order valence-electron chi connectivity index (χ4n) is 4.91. The third-order valence-electron chi connectivity index (χ3n) is 6.79. The smallest absolute Gasteiger partial charge is 0.258 e. The summed E-state index contributed by atoms with van der Waals surface area (Å²) in [5.41, 5.74) is 2.58. The molecule has 1 aromatic carbocycles. The molecule has 1 aromatic heterocycles. The summed E-state index contributed by atoms with van der Waals surface area (Å²) in [5.74, 6) is -0.196. The maximum absolute atomic E-state index is 14.4. The molecule has 2 fully saturated rings. The van der Waals surface area contributed by atoms with E-state index in [0.29, 0.717) is 30.2 Å². The number of hydrogen-bond donors (Lipinski definition) is 1. The third kappa shape index (κ3) is 4.85. The van der Waals surface area contributed by atoms with Crippen LogP contribution in [-0.4, -0.2) is 57.1 Å². The molecule has 0 radical (unpaired) electrons. The highest BCUT2D eigenvalue weighted by Gasteiger charge is 2.33. The zero-order valence-corrected chi connectivity index (χ0v) is 19.1. The predicted molar refractivity (Wildman–Crippen MR) is 121 cm³/mol. The highest BCUT2D eigenvalue weighted by atomic mass is 19.1.